The Bertz CT molecular complexity index is 950. The van der Waals surface area contributed by atoms with Crippen LogP contribution in [0.3, 0.4) is 0 Å². The van der Waals surface area contributed by atoms with Crippen molar-refractivity contribution in [3.63, 3.8) is 0 Å². The third-order valence-electron chi connectivity index (χ3n) is 5.00. The first-order chi connectivity index (χ1) is 13.5. The van der Waals surface area contributed by atoms with Crippen molar-refractivity contribution in [1.82, 2.24) is 25.0 Å². The molecule has 1 amide bonds. The van der Waals surface area contributed by atoms with Gasteiger partial charge in [0.05, 0.1) is 10.6 Å². The van der Waals surface area contributed by atoms with E-state index in [0.717, 1.165) is 4.88 Å². The molecule has 1 aliphatic carbocycles. The lowest BCUT2D eigenvalue weighted by Gasteiger charge is -2.24. The fourth-order valence-electron chi connectivity index (χ4n) is 3.04. The zero-order chi connectivity index (χ0) is 19.7. The highest BCUT2D eigenvalue weighted by Gasteiger charge is 2.29. The molecule has 0 spiro atoms. The third kappa shape index (κ3) is 3.98. The van der Waals surface area contributed by atoms with Gasteiger partial charge in [-0.25, -0.2) is 14.1 Å². The Balaban J connectivity index is 1.56. The van der Waals surface area contributed by atoms with Gasteiger partial charge in [0.2, 0.25) is 5.82 Å². The minimum Gasteiger partial charge on any atom is -0.348 e. The van der Waals surface area contributed by atoms with Gasteiger partial charge in [0.25, 0.3) is 5.91 Å². The molecule has 1 fully saturated rings. The summed E-state index contributed by atoms with van der Waals surface area (Å²) in [7, 11) is 2.09. The Labute approximate surface area is 167 Å². The summed E-state index contributed by atoms with van der Waals surface area (Å²) in [5.41, 5.74) is 0.651. The lowest BCUT2D eigenvalue weighted by Crippen LogP contribution is -2.41. The summed E-state index contributed by atoms with van der Waals surface area (Å²) in [4.78, 5) is 20.3. The molecule has 1 N–H and O–H groups in total. The number of nitrogens with zero attached hydrogens (tertiary/aromatic N) is 4. The molecular weight excluding hydrogens is 377 g/mol. The number of rotatable bonds is 7. The Kier molecular flexibility index (Phi) is 5.23. The summed E-state index contributed by atoms with van der Waals surface area (Å²) in [5, 5.41) is 9.27. The maximum Gasteiger partial charge on any atom is 0.291 e. The van der Waals surface area contributed by atoms with E-state index in [1.165, 1.54) is 36.3 Å². The van der Waals surface area contributed by atoms with E-state index in [2.05, 4.69) is 34.3 Å². The van der Waals surface area contributed by atoms with E-state index >= 15 is 0 Å². The molecule has 0 aliphatic heterocycles. The molecule has 0 radical (unpaired) electrons. The van der Waals surface area contributed by atoms with Gasteiger partial charge in [-0.1, -0.05) is 6.07 Å². The van der Waals surface area contributed by atoms with E-state index in [9.17, 15) is 9.18 Å². The highest BCUT2D eigenvalue weighted by molar-refractivity contribution is 7.13. The number of hydrogen-bond acceptors (Lipinski definition) is 5. The minimum atomic E-state index is -0.326. The fourth-order valence-corrected chi connectivity index (χ4v) is 3.74. The van der Waals surface area contributed by atoms with Gasteiger partial charge in [-0.2, -0.15) is 0 Å². The van der Waals surface area contributed by atoms with Crippen LogP contribution in [0.5, 0.6) is 0 Å². The van der Waals surface area contributed by atoms with Crippen molar-refractivity contribution in [3.05, 3.63) is 53.4 Å². The topological polar surface area (TPSA) is 63.1 Å². The van der Waals surface area contributed by atoms with E-state index in [1.807, 2.05) is 17.5 Å². The first-order valence-electron chi connectivity index (χ1n) is 9.30. The van der Waals surface area contributed by atoms with E-state index in [1.54, 1.807) is 16.8 Å². The summed E-state index contributed by atoms with van der Waals surface area (Å²) >= 11 is 1.51. The lowest BCUT2D eigenvalue weighted by atomic mass is 10.3. The number of nitrogens with one attached hydrogen (secondary N) is 1. The van der Waals surface area contributed by atoms with Crippen molar-refractivity contribution in [2.75, 3.05) is 13.6 Å². The molecule has 1 unspecified atom stereocenters. The summed E-state index contributed by atoms with van der Waals surface area (Å²) in [5.74, 6) is 0.0342. The molecule has 4 rings (SSSR count). The van der Waals surface area contributed by atoms with Crippen molar-refractivity contribution in [1.29, 1.82) is 0 Å². The first-order valence-corrected chi connectivity index (χ1v) is 10.2. The Morgan fingerprint density at radius 3 is 2.75 bits per heavy atom. The number of thiophene rings is 1. The zero-order valence-corrected chi connectivity index (χ0v) is 16.6. The number of aromatic nitrogens is 3. The van der Waals surface area contributed by atoms with Crippen LogP contribution < -0.4 is 5.32 Å². The first kappa shape index (κ1) is 18.8. The van der Waals surface area contributed by atoms with Gasteiger partial charge < -0.3 is 5.32 Å². The van der Waals surface area contributed by atoms with Gasteiger partial charge in [0.1, 0.15) is 5.82 Å². The van der Waals surface area contributed by atoms with E-state index < -0.39 is 0 Å². The lowest BCUT2D eigenvalue weighted by molar-refractivity contribution is 0.0929. The summed E-state index contributed by atoms with van der Waals surface area (Å²) < 4.78 is 14.9. The molecular formula is C20H22FN5OS. The molecule has 6 nitrogen and oxygen atoms in total. The smallest absolute Gasteiger partial charge is 0.291 e. The second kappa shape index (κ2) is 7.81. The minimum absolute atomic E-state index is 0.106. The number of amides is 1. The van der Waals surface area contributed by atoms with Crippen LogP contribution in [0, 0.1) is 5.82 Å². The van der Waals surface area contributed by atoms with Crippen LogP contribution >= 0.6 is 11.3 Å². The van der Waals surface area contributed by atoms with Crippen LogP contribution in [-0.4, -0.2) is 51.2 Å². The van der Waals surface area contributed by atoms with Gasteiger partial charge >= 0.3 is 0 Å². The van der Waals surface area contributed by atoms with E-state index in [0.29, 0.717) is 24.1 Å². The van der Waals surface area contributed by atoms with Crippen LogP contribution in [0.4, 0.5) is 4.39 Å². The molecule has 1 aromatic carbocycles. The fraction of sp³-hybridized carbons (Fsp3) is 0.350. The van der Waals surface area contributed by atoms with Crippen LogP contribution in [0.2, 0.25) is 0 Å². The quantitative estimate of drug-likeness (QED) is 0.662. The van der Waals surface area contributed by atoms with Crippen molar-refractivity contribution in [2.45, 2.75) is 31.8 Å². The molecule has 8 heteroatoms. The predicted molar refractivity (Wildman–Crippen MR) is 107 cm³/mol. The molecule has 28 heavy (non-hydrogen) atoms. The SMILES string of the molecule is CC(CNC(=O)c1nc(-c2cccs2)n(-c2ccc(F)cc2)n1)N(C)C1CC1. The van der Waals surface area contributed by atoms with Crippen molar-refractivity contribution < 1.29 is 9.18 Å². The zero-order valence-electron chi connectivity index (χ0n) is 15.8. The van der Waals surface area contributed by atoms with Crippen molar-refractivity contribution >= 4 is 17.2 Å². The highest BCUT2D eigenvalue weighted by Crippen LogP contribution is 2.27. The molecule has 3 aromatic rings. The average molecular weight is 399 g/mol. The molecule has 1 saturated carbocycles. The molecule has 1 aliphatic rings. The van der Waals surface area contributed by atoms with Crippen LogP contribution in [0.15, 0.2) is 41.8 Å². The maximum absolute atomic E-state index is 13.3. The maximum atomic E-state index is 13.3. The van der Waals surface area contributed by atoms with E-state index in [-0.39, 0.29) is 23.6 Å². The van der Waals surface area contributed by atoms with Crippen LogP contribution in [0.25, 0.3) is 16.4 Å². The molecule has 0 saturated heterocycles. The normalized spacial score (nSPS) is 15.0. The molecule has 146 valence electrons. The second-order valence-corrected chi connectivity index (χ2v) is 8.03. The molecule has 2 aromatic heterocycles. The average Bonchev–Trinajstić information content (AvgIpc) is 3.22. The Hall–Kier alpha value is -2.58. The Morgan fingerprint density at radius 2 is 2.11 bits per heavy atom. The number of likely N-dealkylation sites (N-methyl/N-ethyl adjacent to an activating group) is 1. The highest BCUT2D eigenvalue weighted by atomic mass is 32.1. The number of hydrogen-bond donors (Lipinski definition) is 1. The van der Waals surface area contributed by atoms with Crippen molar-refractivity contribution in [2.24, 2.45) is 0 Å². The van der Waals surface area contributed by atoms with Crippen LogP contribution in [-0.2, 0) is 0 Å². The van der Waals surface area contributed by atoms with Gasteiger partial charge in [-0.3, -0.25) is 9.69 Å². The predicted octanol–water partition coefficient (Wildman–Crippen LogP) is 3.35. The summed E-state index contributed by atoms with van der Waals surface area (Å²) in [6.07, 6.45) is 2.45. The molecule has 2 heterocycles. The number of carbonyl (C=O) groups is 1. The standard InChI is InChI=1S/C20H22FN5OS/c1-13(25(2)15-9-10-15)12-22-20(27)18-23-19(17-4-3-11-28-17)26(24-18)16-7-5-14(21)6-8-16/h3-8,11,13,15H,9-10,12H2,1-2H3,(H,22,27). The molecule has 1 atom stereocenters. The number of benzene rings is 1. The number of halogens is 1. The monoisotopic (exact) mass is 399 g/mol. The summed E-state index contributed by atoms with van der Waals surface area (Å²) in [6, 6.07) is 10.7. The van der Waals surface area contributed by atoms with Gasteiger partial charge in [0, 0.05) is 18.6 Å². The van der Waals surface area contributed by atoms with Gasteiger partial charge in [0.15, 0.2) is 5.82 Å². The second-order valence-electron chi connectivity index (χ2n) is 7.08. The number of carbonyl (C=O) groups excluding carboxylic acids is 1. The largest absolute Gasteiger partial charge is 0.348 e. The molecule has 0 bridgehead atoms. The van der Waals surface area contributed by atoms with E-state index in [4.69, 9.17) is 0 Å². The summed E-state index contributed by atoms with van der Waals surface area (Å²) in [6.45, 7) is 2.63. The van der Waals surface area contributed by atoms with Crippen molar-refractivity contribution in [3.8, 4) is 16.4 Å². The third-order valence-corrected chi connectivity index (χ3v) is 5.86. The van der Waals surface area contributed by atoms with Gasteiger partial charge in [-0.05, 0) is 62.5 Å². The van der Waals surface area contributed by atoms with Gasteiger partial charge in [-0.15, -0.1) is 16.4 Å². The Morgan fingerprint density at radius 1 is 1.36 bits per heavy atom. The van der Waals surface area contributed by atoms with Crippen LogP contribution in [0.1, 0.15) is 30.4 Å².